The molecular weight excluding hydrogens is 168 g/mol. The molecule has 68 valence electrons. The van der Waals surface area contributed by atoms with Crippen LogP contribution in [0.25, 0.3) is 0 Å². The number of nitrogens with one attached hydrogen (secondary N) is 1. The quantitative estimate of drug-likeness (QED) is 0.608. The number of carboxylic acids is 1. The van der Waals surface area contributed by atoms with Gasteiger partial charge in [-0.2, -0.15) is 8.78 Å². The van der Waals surface area contributed by atoms with Crippen molar-refractivity contribution in [1.82, 2.24) is 5.32 Å². The summed E-state index contributed by atoms with van der Waals surface area (Å²) >= 11 is 0. The van der Waals surface area contributed by atoms with Crippen molar-refractivity contribution in [3.63, 3.8) is 0 Å². The standard InChI is InChI=1S/C7H9F2NO2/c8-7(9,6(11)12)5-1-3-10-4-2-5/h1,10H,2-4H2,(H,11,12). The molecule has 0 unspecified atom stereocenters. The summed E-state index contributed by atoms with van der Waals surface area (Å²) in [6, 6.07) is 0. The third-order valence-corrected chi connectivity index (χ3v) is 1.74. The molecule has 0 fully saturated rings. The van der Waals surface area contributed by atoms with Gasteiger partial charge in [0.1, 0.15) is 0 Å². The number of rotatable bonds is 2. The van der Waals surface area contributed by atoms with Gasteiger partial charge in [-0.3, -0.25) is 0 Å². The van der Waals surface area contributed by atoms with Gasteiger partial charge in [0.25, 0.3) is 0 Å². The van der Waals surface area contributed by atoms with E-state index in [-0.39, 0.29) is 12.0 Å². The third kappa shape index (κ3) is 1.61. The summed E-state index contributed by atoms with van der Waals surface area (Å²) in [6.45, 7) is 0.729. The zero-order chi connectivity index (χ0) is 9.19. The van der Waals surface area contributed by atoms with E-state index in [1.54, 1.807) is 0 Å². The van der Waals surface area contributed by atoms with Crippen molar-refractivity contribution < 1.29 is 18.7 Å². The predicted molar refractivity (Wildman–Crippen MR) is 38.2 cm³/mol. The number of alkyl halides is 2. The van der Waals surface area contributed by atoms with Crippen LogP contribution < -0.4 is 5.32 Å². The van der Waals surface area contributed by atoms with Crippen LogP contribution in [0, 0.1) is 0 Å². The van der Waals surface area contributed by atoms with E-state index < -0.39 is 11.9 Å². The molecule has 12 heavy (non-hydrogen) atoms. The van der Waals surface area contributed by atoms with Crippen LogP contribution in [-0.4, -0.2) is 30.1 Å². The van der Waals surface area contributed by atoms with Crippen LogP contribution in [0.1, 0.15) is 6.42 Å². The topological polar surface area (TPSA) is 49.3 Å². The molecule has 1 aliphatic rings. The van der Waals surface area contributed by atoms with Crippen LogP contribution in [0.4, 0.5) is 8.78 Å². The van der Waals surface area contributed by atoms with E-state index >= 15 is 0 Å². The van der Waals surface area contributed by atoms with Crippen molar-refractivity contribution in [2.75, 3.05) is 13.1 Å². The van der Waals surface area contributed by atoms with Crippen LogP contribution in [0.2, 0.25) is 0 Å². The van der Waals surface area contributed by atoms with Crippen molar-refractivity contribution >= 4 is 5.97 Å². The van der Waals surface area contributed by atoms with Gasteiger partial charge in [0.15, 0.2) is 0 Å². The molecule has 1 aliphatic heterocycles. The maximum Gasteiger partial charge on any atom is 0.379 e. The second-order valence-corrected chi connectivity index (χ2v) is 2.56. The number of hydrogen-bond acceptors (Lipinski definition) is 2. The van der Waals surface area contributed by atoms with E-state index in [1.165, 1.54) is 6.08 Å². The Morgan fingerprint density at radius 2 is 2.33 bits per heavy atom. The fourth-order valence-corrected chi connectivity index (χ4v) is 1.05. The molecule has 0 amide bonds. The molecular formula is C7H9F2NO2. The number of hydrogen-bond donors (Lipinski definition) is 2. The molecule has 0 aromatic carbocycles. The summed E-state index contributed by atoms with van der Waals surface area (Å²) < 4.78 is 25.5. The van der Waals surface area contributed by atoms with E-state index in [0.717, 1.165) is 0 Å². The van der Waals surface area contributed by atoms with Crippen LogP contribution >= 0.6 is 0 Å². The summed E-state index contributed by atoms with van der Waals surface area (Å²) in [5.74, 6) is -5.77. The summed E-state index contributed by atoms with van der Waals surface area (Å²) in [5.41, 5.74) is -0.297. The van der Waals surface area contributed by atoms with E-state index in [0.29, 0.717) is 13.1 Å². The highest BCUT2D eigenvalue weighted by Crippen LogP contribution is 2.27. The van der Waals surface area contributed by atoms with E-state index in [4.69, 9.17) is 5.11 Å². The lowest BCUT2D eigenvalue weighted by molar-refractivity contribution is -0.159. The lowest BCUT2D eigenvalue weighted by Gasteiger charge is -2.19. The van der Waals surface area contributed by atoms with Crippen LogP contribution in [-0.2, 0) is 4.79 Å². The summed E-state index contributed by atoms with van der Waals surface area (Å²) in [4.78, 5) is 10.1. The van der Waals surface area contributed by atoms with Crippen molar-refractivity contribution in [2.45, 2.75) is 12.3 Å². The fraction of sp³-hybridized carbons (Fsp3) is 0.571. The average molecular weight is 177 g/mol. The zero-order valence-electron chi connectivity index (χ0n) is 6.31. The molecule has 0 saturated heterocycles. The van der Waals surface area contributed by atoms with Gasteiger partial charge < -0.3 is 10.4 Å². The molecule has 2 N–H and O–H groups in total. The summed E-state index contributed by atoms with van der Waals surface area (Å²) in [7, 11) is 0. The number of halogens is 2. The minimum absolute atomic E-state index is 0.0965. The van der Waals surface area contributed by atoms with Gasteiger partial charge >= 0.3 is 11.9 Å². The molecule has 1 heterocycles. The second-order valence-electron chi connectivity index (χ2n) is 2.56. The Morgan fingerprint density at radius 1 is 1.67 bits per heavy atom. The van der Waals surface area contributed by atoms with Gasteiger partial charge in [0.2, 0.25) is 0 Å². The van der Waals surface area contributed by atoms with Gasteiger partial charge in [-0.1, -0.05) is 6.08 Å². The van der Waals surface area contributed by atoms with E-state index in [2.05, 4.69) is 5.32 Å². The largest absolute Gasteiger partial charge is 0.477 e. The molecule has 0 atom stereocenters. The first-order valence-electron chi connectivity index (χ1n) is 3.56. The first-order valence-corrected chi connectivity index (χ1v) is 3.56. The molecule has 0 aromatic rings. The van der Waals surface area contributed by atoms with Gasteiger partial charge in [0.05, 0.1) is 0 Å². The summed E-state index contributed by atoms with van der Waals surface area (Å²) in [6.07, 6.45) is 1.33. The highest BCUT2D eigenvalue weighted by Gasteiger charge is 2.42. The zero-order valence-corrected chi connectivity index (χ0v) is 6.31. The van der Waals surface area contributed by atoms with Crippen LogP contribution in [0.3, 0.4) is 0 Å². The first-order chi connectivity index (χ1) is 5.55. The van der Waals surface area contributed by atoms with Crippen molar-refractivity contribution in [1.29, 1.82) is 0 Å². The van der Waals surface area contributed by atoms with Gasteiger partial charge in [-0.15, -0.1) is 0 Å². The minimum Gasteiger partial charge on any atom is -0.477 e. The maximum absolute atomic E-state index is 12.7. The number of carbonyl (C=O) groups is 1. The lowest BCUT2D eigenvalue weighted by atomic mass is 10.0. The molecule has 0 spiro atoms. The Balaban J connectivity index is 2.79. The second kappa shape index (κ2) is 3.18. The number of carboxylic acid groups (broad SMARTS) is 1. The van der Waals surface area contributed by atoms with Crippen LogP contribution in [0.15, 0.2) is 11.6 Å². The Hall–Kier alpha value is -0.970. The van der Waals surface area contributed by atoms with E-state index in [9.17, 15) is 13.6 Å². The molecule has 3 nitrogen and oxygen atoms in total. The highest BCUT2D eigenvalue weighted by molar-refractivity contribution is 5.79. The molecule has 0 bridgehead atoms. The Labute approximate surface area is 68.1 Å². The molecule has 0 aromatic heterocycles. The van der Waals surface area contributed by atoms with Gasteiger partial charge in [-0.25, -0.2) is 4.79 Å². The maximum atomic E-state index is 12.7. The Morgan fingerprint density at radius 3 is 2.75 bits per heavy atom. The predicted octanol–water partition coefficient (Wildman–Crippen LogP) is 0.626. The lowest BCUT2D eigenvalue weighted by Crippen LogP contribution is -2.35. The van der Waals surface area contributed by atoms with Crippen molar-refractivity contribution in [3.8, 4) is 0 Å². The Kier molecular flexibility index (Phi) is 2.42. The van der Waals surface area contributed by atoms with E-state index in [1.807, 2.05) is 0 Å². The molecule has 0 saturated carbocycles. The summed E-state index contributed by atoms with van der Waals surface area (Å²) in [5, 5.41) is 11.0. The highest BCUT2D eigenvalue weighted by atomic mass is 19.3. The molecule has 0 aliphatic carbocycles. The monoisotopic (exact) mass is 177 g/mol. The van der Waals surface area contributed by atoms with Gasteiger partial charge in [0, 0.05) is 12.1 Å². The smallest absolute Gasteiger partial charge is 0.379 e. The van der Waals surface area contributed by atoms with Crippen molar-refractivity contribution in [2.24, 2.45) is 0 Å². The third-order valence-electron chi connectivity index (χ3n) is 1.74. The number of aliphatic carboxylic acids is 1. The molecule has 5 heteroatoms. The average Bonchev–Trinajstić information content (AvgIpc) is 2.06. The molecule has 1 rings (SSSR count). The van der Waals surface area contributed by atoms with Crippen molar-refractivity contribution in [3.05, 3.63) is 11.6 Å². The Bertz CT molecular complexity index is 225. The molecule has 0 radical (unpaired) electrons. The minimum atomic E-state index is -3.69. The normalized spacial score (nSPS) is 18.7. The SMILES string of the molecule is O=C(O)C(F)(F)C1=CCNCC1. The first kappa shape index (κ1) is 9.12. The van der Waals surface area contributed by atoms with Crippen LogP contribution in [0.5, 0.6) is 0 Å². The van der Waals surface area contributed by atoms with Gasteiger partial charge in [-0.05, 0) is 13.0 Å². The fourth-order valence-electron chi connectivity index (χ4n) is 1.05.